The number of carbonyl (C=O) groups is 1. The van der Waals surface area contributed by atoms with E-state index >= 15 is 0 Å². The Hall–Kier alpha value is -1.98. The zero-order valence-electron chi connectivity index (χ0n) is 13.7. The number of benzene rings is 2. The van der Waals surface area contributed by atoms with Gasteiger partial charge in [0.05, 0.1) is 20.1 Å². The minimum Gasteiger partial charge on any atom is -0.506 e. The molecule has 11 heteroatoms. The minimum atomic E-state index is -0.602. The number of nitro groups is 1. The van der Waals surface area contributed by atoms with Crippen molar-refractivity contribution in [2.45, 2.75) is 6.92 Å². The number of nitrogens with zero attached hydrogens (tertiary/aromatic N) is 2. The van der Waals surface area contributed by atoms with Crippen molar-refractivity contribution in [1.82, 2.24) is 5.43 Å². The Morgan fingerprint density at radius 3 is 2.70 bits per heavy atom. The molecule has 0 aliphatic heterocycles. The summed E-state index contributed by atoms with van der Waals surface area (Å²) in [5.41, 5.74) is 3.24. The highest BCUT2D eigenvalue weighted by molar-refractivity contribution is 9.11. The van der Waals surface area contributed by atoms with Gasteiger partial charge in [0, 0.05) is 16.1 Å². The third-order valence-corrected chi connectivity index (χ3v) is 5.30. The molecule has 0 radical (unpaired) electrons. The van der Waals surface area contributed by atoms with E-state index in [4.69, 9.17) is 4.74 Å². The maximum atomic E-state index is 11.8. The standard InChI is InChI=1S/C16H12Br3N3O5/c1-8-2-3-13(12(4-8)22(25)26)27-7-14(23)21-20-6-9-10(17)5-11(18)16(24)15(9)19/h2-6,24H,7H2,1H3,(H,21,23)/b20-6+. The second-order valence-corrected chi connectivity index (χ2v) is 7.73. The van der Waals surface area contributed by atoms with Crippen LogP contribution in [0.2, 0.25) is 0 Å². The molecule has 1 amide bonds. The highest BCUT2D eigenvalue weighted by Gasteiger charge is 2.16. The number of ether oxygens (including phenoxy) is 1. The average molecular weight is 566 g/mol. The third-order valence-electron chi connectivity index (χ3n) is 3.23. The highest BCUT2D eigenvalue weighted by Crippen LogP contribution is 2.38. The number of aryl methyl sites for hydroxylation is 1. The molecule has 0 saturated carbocycles. The fourth-order valence-corrected chi connectivity index (χ4v) is 4.28. The lowest BCUT2D eigenvalue weighted by Crippen LogP contribution is -2.24. The van der Waals surface area contributed by atoms with Crippen LogP contribution in [0, 0.1) is 17.0 Å². The quantitative estimate of drug-likeness (QED) is 0.306. The largest absolute Gasteiger partial charge is 0.506 e. The van der Waals surface area contributed by atoms with E-state index in [1.54, 1.807) is 19.1 Å². The molecule has 8 nitrogen and oxygen atoms in total. The lowest BCUT2D eigenvalue weighted by molar-refractivity contribution is -0.385. The molecule has 0 aromatic heterocycles. The highest BCUT2D eigenvalue weighted by atomic mass is 79.9. The van der Waals surface area contributed by atoms with Crippen LogP contribution in [0.25, 0.3) is 0 Å². The van der Waals surface area contributed by atoms with E-state index in [0.717, 1.165) is 0 Å². The van der Waals surface area contributed by atoms with E-state index < -0.39 is 17.4 Å². The Bertz CT molecular complexity index is 934. The summed E-state index contributed by atoms with van der Waals surface area (Å²) in [7, 11) is 0. The monoisotopic (exact) mass is 563 g/mol. The summed E-state index contributed by atoms with van der Waals surface area (Å²) in [6.07, 6.45) is 1.33. The van der Waals surface area contributed by atoms with Crippen molar-refractivity contribution in [3.8, 4) is 11.5 Å². The molecule has 0 aliphatic carbocycles. The van der Waals surface area contributed by atoms with Gasteiger partial charge in [-0.15, -0.1) is 0 Å². The first kappa shape index (κ1) is 21.3. The fraction of sp³-hybridized carbons (Fsp3) is 0.125. The van der Waals surface area contributed by atoms with Crippen molar-refractivity contribution >= 4 is 65.6 Å². The molecule has 0 bridgehead atoms. The van der Waals surface area contributed by atoms with E-state index in [-0.39, 0.29) is 17.2 Å². The first-order valence-electron chi connectivity index (χ1n) is 7.27. The molecular weight excluding hydrogens is 554 g/mol. The van der Waals surface area contributed by atoms with E-state index in [0.29, 0.717) is 24.5 Å². The number of halogens is 3. The average Bonchev–Trinajstić information content (AvgIpc) is 2.61. The molecule has 27 heavy (non-hydrogen) atoms. The van der Waals surface area contributed by atoms with Gasteiger partial charge in [0.2, 0.25) is 0 Å². The van der Waals surface area contributed by atoms with Crippen LogP contribution in [-0.4, -0.2) is 28.8 Å². The number of hydrazone groups is 1. The summed E-state index contributed by atoms with van der Waals surface area (Å²) in [5, 5.41) is 24.7. The lowest BCUT2D eigenvalue weighted by Gasteiger charge is -2.07. The van der Waals surface area contributed by atoms with Gasteiger partial charge >= 0.3 is 5.69 Å². The molecule has 0 atom stereocenters. The van der Waals surface area contributed by atoms with Gasteiger partial charge in [0.25, 0.3) is 5.91 Å². The van der Waals surface area contributed by atoms with Gasteiger partial charge in [0.1, 0.15) is 5.75 Å². The number of phenolic OH excluding ortho intramolecular Hbond substituents is 1. The molecule has 142 valence electrons. The zero-order valence-corrected chi connectivity index (χ0v) is 18.5. The number of phenols is 1. The topological polar surface area (TPSA) is 114 Å². The normalized spacial score (nSPS) is 10.8. The van der Waals surface area contributed by atoms with Crippen molar-refractivity contribution in [2.24, 2.45) is 5.10 Å². The number of amides is 1. The van der Waals surface area contributed by atoms with Gasteiger partial charge in [-0.3, -0.25) is 14.9 Å². The smallest absolute Gasteiger partial charge is 0.311 e. The van der Waals surface area contributed by atoms with E-state index in [9.17, 15) is 20.0 Å². The number of nitrogens with one attached hydrogen (secondary N) is 1. The van der Waals surface area contributed by atoms with Gasteiger partial charge in [-0.25, -0.2) is 5.43 Å². The lowest BCUT2D eigenvalue weighted by atomic mass is 10.2. The molecule has 2 rings (SSSR count). The van der Waals surface area contributed by atoms with Crippen molar-refractivity contribution < 1.29 is 19.6 Å². The Morgan fingerprint density at radius 1 is 1.33 bits per heavy atom. The van der Waals surface area contributed by atoms with Gasteiger partial charge < -0.3 is 9.84 Å². The predicted molar refractivity (Wildman–Crippen MR) is 110 cm³/mol. The van der Waals surface area contributed by atoms with Gasteiger partial charge in [0.15, 0.2) is 12.4 Å². The Balaban J connectivity index is 2.01. The maximum absolute atomic E-state index is 11.8. The number of nitro benzene ring substituents is 1. The molecular formula is C16H12Br3N3O5. The van der Waals surface area contributed by atoms with Gasteiger partial charge in [-0.1, -0.05) is 22.0 Å². The van der Waals surface area contributed by atoms with Crippen molar-refractivity contribution in [1.29, 1.82) is 0 Å². The summed E-state index contributed by atoms with van der Waals surface area (Å²) in [4.78, 5) is 22.3. The summed E-state index contributed by atoms with van der Waals surface area (Å²) < 4.78 is 6.70. The Labute approximate surface area is 179 Å². The summed E-state index contributed by atoms with van der Waals surface area (Å²) in [5.74, 6) is -0.622. The van der Waals surface area contributed by atoms with Crippen LogP contribution in [-0.2, 0) is 4.79 Å². The fourth-order valence-electron chi connectivity index (χ4n) is 1.95. The summed E-state index contributed by atoms with van der Waals surface area (Å²) >= 11 is 9.76. The number of hydrogen-bond donors (Lipinski definition) is 2. The molecule has 0 unspecified atom stereocenters. The van der Waals surface area contributed by atoms with Crippen LogP contribution >= 0.6 is 47.8 Å². The SMILES string of the molecule is Cc1ccc(OCC(=O)N/N=C/c2c(Br)cc(Br)c(O)c2Br)c([N+](=O)[O-])c1. The van der Waals surface area contributed by atoms with Crippen molar-refractivity contribution in [2.75, 3.05) is 6.61 Å². The first-order valence-corrected chi connectivity index (χ1v) is 9.64. The second-order valence-electron chi connectivity index (χ2n) is 5.23. The van der Waals surface area contributed by atoms with Crippen LogP contribution in [0.4, 0.5) is 5.69 Å². The molecule has 0 fully saturated rings. The molecule has 2 aromatic rings. The molecule has 0 saturated heterocycles. The van der Waals surface area contributed by atoms with Crippen LogP contribution in [0.3, 0.4) is 0 Å². The second kappa shape index (κ2) is 9.29. The first-order chi connectivity index (χ1) is 12.7. The molecule has 0 heterocycles. The number of carbonyl (C=O) groups excluding carboxylic acids is 1. The minimum absolute atomic E-state index is 0.00643. The molecule has 0 aliphatic rings. The van der Waals surface area contributed by atoms with Gasteiger partial charge in [-0.05, 0) is 56.5 Å². The van der Waals surface area contributed by atoms with Crippen LogP contribution in [0.5, 0.6) is 11.5 Å². The zero-order chi connectivity index (χ0) is 20.1. The van der Waals surface area contributed by atoms with Gasteiger partial charge in [-0.2, -0.15) is 5.10 Å². The molecule has 2 N–H and O–H groups in total. The molecule has 0 spiro atoms. The molecule has 2 aromatic carbocycles. The van der Waals surface area contributed by atoms with E-state index in [1.807, 2.05) is 0 Å². The van der Waals surface area contributed by atoms with E-state index in [2.05, 4.69) is 58.3 Å². The van der Waals surface area contributed by atoms with Crippen LogP contribution in [0.15, 0.2) is 42.8 Å². The number of rotatable bonds is 6. The maximum Gasteiger partial charge on any atom is 0.311 e. The Morgan fingerprint density at radius 2 is 2.04 bits per heavy atom. The number of aromatic hydroxyl groups is 1. The third kappa shape index (κ3) is 5.50. The predicted octanol–water partition coefficient (Wildman–Crippen LogP) is 4.43. The van der Waals surface area contributed by atoms with Crippen LogP contribution in [0.1, 0.15) is 11.1 Å². The number of hydrogen-bond acceptors (Lipinski definition) is 6. The summed E-state index contributed by atoms with van der Waals surface area (Å²) in [6.45, 7) is 1.27. The van der Waals surface area contributed by atoms with Crippen LogP contribution < -0.4 is 10.2 Å². The van der Waals surface area contributed by atoms with Crippen molar-refractivity contribution in [3.63, 3.8) is 0 Å². The van der Waals surface area contributed by atoms with Crippen molar-refractivity contribution in [3.05, 3.63) is 58.9 Å². The Kier molecular flexibility index (Phi) is 7.33. The van der Waals surface area contributed by atoms with E-state index in [1.165, 1.54) is 18.3 Å². The summed E-state index contributed by atoms with van der Waals surface area (Å²) in [6, 6.07) is 6.07.